The zero-order valence-corrected chi connectivity index (χ0v) is 15.1. The molecule has 1 unspecified atom stereocenters. The third-order valence-electron chi connectivity index (χ3n) is 4.21. The molecule has 1 saturated heterocycles. The van der Waals surface area contributed by atoms with E-state index >= 15 is 0 Å². The first kappa shape index (κ1) is 17.0. The Hall–Kier alpha value is -1.86. The molecule has 8 heteroatoms. The van der Waals surface area contributed by atoms with Gasteiger partial charge in [0, 0.05) is 29.9 Å². The van der Waals surface area contributed by atoms with Crippen LogP contribution < -0.4 is 10.2 Å². The van der Waals surface area contributed by atoms with Gasteiger partial charge in [-0.2, -0.15) is 0 Å². The minimum Gasteiger partial charge on any atom is -0.355 e. The van der Waals surface area contributed by atoms with Crippen LogP contribution in [0.4, 0.5) is 17.3 Å². The van der Waals surface area contributed by atoms with Crippen molar-refractivity contribution in [1.29, 1.82) is 0 Å². The summed E-state index contributed by atoms with van der Waals surface area (Å²) in [6.45, 7) is 1.94. The van der Waals surface area contributed by atoms with Gasteiger partial charge in [0.2, 0.25) is 0 Å². The molecule has 0 radical (unpaired) electrons. The molecule has 0 bridgehead atoms. The van der Waals surface area contributed by atoms with Crippen molar-refractivity contribution in [2.24, 2.45) is 0 Å². The van der Waals surface area contributed by atoms with Crippen molar-refractivity contribution in [3.63, 3.8) is 0 Å². The van der Waals surface area contributed by atoms with Crippen LogP contribution in [-0.4, -0.2) is 43.0 Å². The maximum atomic E-state index is 11.7. The van der Waals surface area contributed by atoms with Crippen LogP contribution in [0.15, 0.2) is 30.6 Å². The van der Waals surface area contributed by atoms with Gasteiger partial charge in [-0.1, -0.05) is 17.7 Å². The first-order valence-electron chi connectivity index (χ1n) is 7.62. The smallest absolute Gasteiger partial charge is 0.152 e. The maximum Gasteiger partial charge on any atom is 0.152 e. The Bertz CT molecular complexity index is 857. The molecule has 1 fully saturated rings. The van der Waals surface area contributed by atoms with Crippen LogP contribution in [0.25, 0.3) is 0 Å². The summed E-state index contributed by atoms with van der Waals surface area (Å²) in [5, 5.41) is 3.88. The van der Waals surface area contributed by atoms with Crippen LogP contribution in [0.5, 0.6) is 0 Å². The van der Waals surface area contributed by atoms with Crippen LogP contribution in [0.1, 0.15) is 12.0 Å². The zero-order chi connectivity index (χ0) is 17.3. The van der Waals surface area contributed by atoms with Crippen molar-refractivity contribution >= 4 is 38.8 Å². The Kier molecular flexibility index (Phi) is 4.64. The second-order valence-electron chi connectivity index (χ2n) is 6.02. The van der Waals surface area contributed by atoms with Crippen molar-refractivity contribution in [3.05, 3.63) is 41.2 Å². The number of hydrogen-bond acceptors (Lipinski definition) is 6. The van der Waals surface area contributed by atoms with Gasteiger partial charge in [0.25, 0.3) is 0 Å². The van der Waals surface area contributed by atoms with Crippen LogP contribution in [-0.2, 0) is 9.84 Å². The number of nitrogens with one attached hydrogen (secondary N) is 1. The lowest BCUT2D eigenvalue weighted by Crippen LogP contribution is -2.33. The van der Waals surface area contributed by atoms with E-state index in [4.69, 9.17) is 11.6 Å². The zero-order valence-electron chi connectivity index (χ0n) is 13.5. The standard InChI is InChI=1S/C16H19ClN4O2S/c1-11-3-4-12(7-14(11)17)20-15-8-16(19-10-18-15)21(2)13-5-6-24(22,23)9-13/h3-4,7-8,10,13H,5-6,9H2,1-2H3,(H,18,19,20). The molecule has 0 amide bonds. The predicted octanol–water partition coefficient (Wildman–Crippen LogP) is 2.81. The molecule has 128 valence electrons. The molecule has 2 aromatic rings. The minimum atomic E-state index is -2.93. The minimum absolute atomic E-state index is 0.0495. The fourth-order valence-electron chi connectivity index (χ4n) is 2.69. The average molecular weight is 367 g/mol. The van der Waals surface area contributed by atoms with Crippen LogP contribution in [0, 0.1) is 6.92 Å². The molecule has 1 aromatic carbocycles. The summed E-state index contributed by atoms with van der Waals surface area (Å²) in [6.07, 6.45) is 2.09. The topological polar surface area (TPSA) is 75.2 Å². The molecule has 1 aliphatic rings. The maximum absolute atomic E-state index is 11.7. The largest absolute Gasteiger partial charge is 0.355 e. The lowest BCUT2D eigenvalue weighted by Gasteiger charge is -2.24. The van der Waals surface area contributed by atoms with Crippen molar-refractivity contribution in [1.82, 2.24) is 9.97 Å². The van der Waals surface area contributed by atoms with Crippen LogP contribution in [0.2, 0.25) is 5.02 Å². The summed E-state index contributed by atoms with van der Waals surface area (Å²) < 4.78 is 23.3. The van der Waals surface area contributed by atoms with Gasteiger partial charge in [0.1, 0.15) is 18.0 Å². The molecule has 0 spiro atoms. The highest BCUT2D eigenvalue weighted by molar-refractivity contribution is 7.91. The van der Waals surface area contributed by atoms with E-state index in [1.165, 1.54) is 6.33 Å². The third kappa shape index (κ3) is 3.79. The Balaban J connectivity index is 1.77. The molecule has 1 N–H and O–H groups in total. The Labute approximate surface area is 146 Å². The van der Waals surface area contributed by atoms with Crippen LogP contribution in [0.3, 0.4) is 0 Å². The van der Waals surface area contributed by atoms with E-state index in [0.29, 0.717) is 23.1 Å². The van der Waals surface area contributed by atoms with Crippen LogP contribution >= 0.6 is 11.6 Å². The number of nitrogens with zero attached hydrogens (tertiary/aromatic N) is 3. The van der Waals surface area contributed by atoms with Crippen molar-refractivity contribution < 1.29 is 8.42 Å². The van der Waals surface area contributed by atoms with Gasteiger partial charge in [-0.15, -0.1) is 0 Å². The van der Waals surface area contributed by atoms with Gasteiger partial charge in [-0.05, 0) is 31.0 Å². The third-order valence-corrected chi connectivity index (χ3v) is 6.37. The van der Waals surface area contributed by atoms with Gasteiger partial charge in [-0.3, -0.25) is 0 Å². The lowest BCUT2D eigenvalue weighted by molar-refractivity contribution is 0.600. The second-order valence-corrected chi connectivity index (χ2v) is 8.65. The molecule has 1 aromatic heterocycles. The molecule has 1 aliphatic heterocycles. The summed E-state index contributed by atoms with van der Waals surface area (Å²) >= 11 is 6.14. The Morgan fingerprint density at radius 3 is 2.75 bits per heavy atom. The van der Waals surface area contributed by atoms with Gasteiger partial charge in [0.15, 0.2) is 9.84 Å². The number of hydrogen-bond donors (Lipinski definition) is 1. The fourth-order valence-corrected chi connectivity index (χ4v) is 4.65. The van der Waals surface area contributed by atoms with E-state index in [0.717, 1.165) is 11.3 Å². The van der Waals surface area contributed by atoms with E-state index in [-0.39, 0.29) is 17.5 Å². The van der Waals surface area contributed by atoms with E-state index < -0.39 is 9.84 Å². The number of rotatable bonds is 4. The molecule has 0 aliphatic carbocycles. The first-order valence-corrected chi connectivity index (χ1v) is 9.82. The second kappa shape index (κ2) is 6.57. The number of aromatic nitrogens is 2. The molecule has 24 heavy (non-hydrogen) atoms. The van der Waals surface area contributed by atoms with Gasteiger partial charge in [-0.25, -0.2) is 18.4 Å². The highest BCUT2D eigenvalue weighted by Gasteiger charge is 2.31. The fraction of sp³-hybridized carbons (Fsp3) is 0.375. The first-order chi connectivity index (χ1) is 11.3. The monoisotopic (exact) mass is 366 g/mol. The quantitative estimate of drug-likeness (QED) is 0.896. The van der Waals surface area contributed by atoms with Crippen molar-refractivity contribution in [2.75, 3.05) is 28.8 Å². The molecule has 3 rings (SSSR count). The molecular formula is C16H19ClN4O2S. The highest BCUT2D eigenvalue weighted by Crippen LogP contribution is 2.25. The number of aryl methyl sites for hydroxylation is 1. The van der Waals surface area contributed by atoms with Gasteiger partial charge >= 0.3 is 0 Å². The molecule has 2 heterocycles. The summed E-state index contributed by atoms with van der Waals surface area (Å²) in [6, 6.07) is 7.45. The SMILES string of the molecule is Cc1ccc(Nc2cc(N(C)C3CCS(=O)(=O)C3)ncn2)cc1Cl. The molecule has 1 atom stereocenters. The highest BCUT2D eigenvalue weighted by atomic mass is 35.5. The molecule has 6 nitrogen and oxygen atoms in total. The summed E-state index contributed by atoms with van der Waals surface area (Å²) in [5.41, 5.74) is 1.84. The number of halogens is 1. The lowest BCUT2D eigenvalue weighted by atomic mass is 10.2. The van der Waals surface area contributed by atoms with Gasteiger partial charge in [0.05, 0.1) is 11.5 Å². The van der Waals surface area contributed by atoms with E-state index in [9.17, 15) is 8.42 Å². The van der Waals surface area contributed by atoms with E-state index in [1.807, 2.05) is 37.1 Å². The summed E-state index contributed by atoms with van der Waals surface area (Å²) in [7, 11) is -1.07. The van der Waals surface area contributed by atoms with E-state index in [1.54, 1.807) is 6.07 Å². The Morgan fingerprint density at radius 2 is 2.08 bits per heavy atom. The van der Waals surface area contributed by atoms with Crippen molar-refractivity contribution in [3.8, 4) is 0 Å². The van der Waals surface area contributed by atoms with Crippen molar-refractivity contribution in [2.45, 2.75) is 19.4 Å². The normalized spacial score (nSPS) is 19.2. The number of benzene rings is 1. The Morgan fingerprint density at radius 1 is 1.29 bits per heavy atom. The average Bonchev–Trinajstić information content (AvgIpc) is 2.90. The van der Waals surface area contributed by atoms with E-state index in [2.05, 4.69) is 15.3 Å². The number of anilines is 3. The molecular weight excluding hydrogens is 348 g/mol. The molecule has 0 saturated carbocycles. The number of sulfone groups is 1. The van der Waals surface area contributed by atoms with Gasteiger partial charge < -0.3 is 10.2 Å². The summed E-state index contributed by atoms with van der Waals surface area (Å²) in [5.74, 6) is 1.73. The predicted molar refractivity (Wildman–Crippen MR) is 97.0 cm³/mol. The summed E-state index contributed by atoms with van der Waals surface area (Å²) in [4.78, 5) is 10.4.